The minimum atomic E-state index is -0.151. The molecule has 2 N–H and O–H groups in total. The minimum Gasteiger partial charge on any atom is -0.497 e. The number of aromatic nitrogens is 2. The van der Waals surface area contributed by atoms with E-state index in [1.54, 1.807) is 7.11 Å². The van der Waals surface area contributed by atoms with E-state index in [2.05, 4.69) is 29.7 Å². The van der Waals surface area contributed by atoms with Crippen molar-refractivity contribution in [2.45, 2.75) is 38.8 Å². The van der Waals surface area contributed by atoms with Gasteiger partial charge in [-0.1, -0.05) is 42.5 Å². The largest absolute Gasteiger partial charge is 0.497 e. The highest BCUT2D eigenvalue weighted by atomic mass is 16.5. The topological polar surface area (TPSA) is 68.2 Å². The summed E-state index contributed by atoms with van der Waals surface area (Å²) in [5.74, 6) is 1.05. The second-order valence-electron chi connectivity index (χ2n) is 7.84. The van der Waals surface area contributed by atoms with Gasteiger partial charge in [-0.2, -0.15) is 5.10 Å². The van der Waals surface area contributed by atoms with Gasteiger partial charge >= 0.3 is 6.03 Å². The number of urea groups is 1. The molecule has 0 spiro atoms. The summed E-state index contributed by atoms with van der Waals surface area (Å²) in [5, 5.41) is 10.8. The Morgan fingerprint density at radius 2 is 1.84 bits per heavy atom. The molecule has 0 aliphatic heterocycles. The maximum Gasteiger partial charge on any atom is 0.315 e. The number of carbonyl (C=O) groups is 1. The number of hydrogen-bond acceptors (Lipinski definition) is 3. The quantitative estimate of drug-likeness (QED) is 0.585. The van der Waals surface area contributed by atoms with E-state index in [0.717, 1.165) is 34.8 Å². The lowest BCUT2D eigenvalue weighted by Crippen LogP contribution is -2.40. The van der Waals surface area contributed by atoms with Crippen molar-refractivity contribution in [2.75, 3.05) is 7.11 Å². The van der Waals surface area contributed by atoms with E-state index in [9.17, 15) is 4.79 Å². The Balaban J connectivity index is 1.39. The zero-order valence-corrected chi connectivity index (χ0v) is 18.1. The molecule has 0 fully saturated rings. The highest BCUT2D eigenvalue weighted by Crippen LogP contribution is 2.34. The van der Waals surface area contributed by atoms with Gasteiger partial charge in [0, 0.05) is 29.8 Å². The van der Waals surface area contributed by atoms with Crippen LogP contribution in [0.1, 0.15) is 34.9 Å². The van der Waals surface area contributed by atoms with Crippen LogP contribution < -0.4 is 15.4 Å². The third-order valence-corrected chi connectivity index (χ3v) is 5.73. The Labute approximate surface area is 182 Å². The van der Waals surface area contributed by atoms with Gasteiger partial charge in [0.05, 0.1) is 18.5 Å². The van der Waals surface area contributed by atoms with Gasteiger partial charge in [-0.15, -0.1) is 0 Å². The van der Waals surface area contributed by atoms with Gasteiger partial charge in [0.2, 0.25) is 0 Å². The summed E-state index contributed by atoms with van der Waals surface area (Å²) in [4.78, 5) is 12.3. The van der Waals surface area contributed by atoms with Gasteiger partial charge in [-0.25, -0.2) is 9.48 Å². The highest BCUT2D eigenvalue weighted by molar-refractivity contribution is 5.74. The standard InChI is InChI=1S/C25H28N4O2/c1-17-24(18(2)29(28-17)22-11-13-23(31-3)14-12-22)20-9-10-21(15-20)27-25(30)26-16-19-7-5-4-6-8-19/h4-14,20-21H,15-16H2,1-3H3,(H2,26,27,30)/t20-,21-/m1/s1. The molecule has 1 aromatic heterocycles. The van der Waals surface area contributed by atoms with Crippen LogP contribution in [0.25, 0.3) is 5.69 Å². The Hall–Kier alpha value is -3.54. The zero-order chi connectivity index (χ0) is 21.8. The first-order valence-corrected chi connectivity index (χ1v) is 10.5. The molecular formula is C25H28N4O2. The highest BCUT2D eigenvalue weighted by Gasteiger charge is 2.27. The first-order chi connectivity index (χ1) is 15.0. The molecule has 2 atom stereocenters. The fraction of sp³-hybridized carbons (Fsp3) is 0.280. The summed E-state index contributed by atoms with van der Waals surface area (Å²) in [6.45, 7) is 4.66. The summed E-state index contributed by atoms with van der Waals surface area (Å²) in [7, 11) is 1.66. The number of amides is 2. The number of benzene rings is 2. The third-order valence-electron chi connectivity index (χ3n) is 5.73. The van der Waals surface area contributed by atoms with E-state index in [-0.39, 0.29) is 18.0 Å². The number of hydrogen-bond donors (Lipinski definition) is 2. The fourth-order valence-corrected chi connectivity index (χ4v) is 4.18. The SMILES string of the molecule is COc1ccc(-n2nc(C)c([C@@H]3C=C[C@@H](NC(=O)NCc4ccccc4)C3)c2C)cc1. The van der Waals surface area contributed by atoms with Crippen molar-refractivity contribution in [3.8, 4) is 11.4 Å². The van der Waals surface area contributed by atoms with Crippen LogP contribution in [-0.4, -0.2) is 29.0 Å². The molecule has 1 aliphatic rings. The summed E-state index contributed by atoms with van der Waals surface area (Å²) in [5.41, 5.74) is 5.43. The molecule has 160 valence electrons. The summed E-state index contributed by atoms with van der Waals surface area (Å²) >= 11 is 0. The monoisotopic (exact) mass is 416 g/mol. The predicted octanol–water partition coefficient (Wildman–Crippen LogP) is 4.41. The lowest BCUT2D eigenvalue weighted by molar-refractivity contribution is 0.238. The van der Waals surface area contributed by atoms with Gasteiger partial charge in [0.25, 0.3) is 0 Å². The average Bonchev–Trinajstić information content (AvgIpc) is 3.36. The first-order valence-electron chi connectivity index (χ1n) is 10.5. The van der Waals surface area contributed by atoms with Gasteiger partial charge in [-0.05, 0) is 50.1 Å². The van der Waals surface area contributed by atoms with Crippen LogP contribution in [0, 0.1) is 13.8 Å². The number of nitrogens with one attached hydrogen (secondary N) is 2. The Kier molecular flexibility index (Phi) is 6.07. The molecule has 1 heterocycles. The molecule has 0 saturated carbocycles. The summed E-state index contributed by atoms with van der Waals surface area (Å²) < 4.78 is 7.23. The van der Waals surface area contributed by atoms with E-state index < -0.39 is 0 Å². The summed E-state index contributed by atoms with van der Waals surface area (Å²) in [6.07, 6.45) is 5.09. The van der Waals surface area contributed by atoms with Crippen LogP contribution in [0.5, 0.6) is 5.75 Å². The van der Waals surface area contributed by atoms with Crippen LogP contribution in [-0.2, 0) is 6.54 Å². The normalized spacial score (nSPS) is 17.5. The molecule has 6 nitrogen and oxygen atoms in total. The molecule has 2 amide bonds. The van der Waals surface area contributed by atoms with Crippen LogP contribution in [0.4, 0.5) is 4.79 Å². The Morgan fingerprint density at radius 1 is 1.10 bits per heavy atom. The third kappa shape index (κ3) is 4.63. The number of ether oxygens (including phenoxy) is 1. The van der Waals surface area contributed by atoms with E-state index in [0.29, 0.717) is 6.54 Å². The smallest absolute Gasteiger partial charge is 0.315 e. The van der Waals surface area contributed by atoms with Crippen molar-refractivity contribution >= 4 is 6.03 Å². The molecule has 2 aromatic carbocycles. The van der Waals surface area contributed by atoms with Crippen LogP contribution >= 0.6 is 0 Å². The minimum absolute atomic E-state index is 0.00362. The van der Waals surface area contributed by atoms with E-state index in [4.69, 9.17) is 9.84 Å². The van der Waals surface area contributed by atoms with E-state index in [1.165, 1.54) is 5.56 Å². The number of methoxy groups -OCH3 is 1. The van der Waals surface area contributed by atoms with Gasteiger partial charge < -0.3 is 15.4 Å². The molecule has 0 bridgehead atoms. The predicted molar refractivity (Wildman–Crippen MR) is 122 cm³/mol. The van der Waals surface area contributed by atoms with Crippen molar-refractivity contribution in [3.63, 3.8) is 0 Å². The van der Waals surface area contributed by atoms with Crippen molar-refractivity contribution in [1.29, 1.82) is 0 Å². The number of rotatable bonds is 6. The number of allylic oxidation sites excluding steroid dienone is 1. The zero-order valence-electron chi connectivity index (χ0n) is 18.1. The van der Waals surface area contributed by atoms with E-state index in [1.807, 2.05) is 66.2 Å². The molecule has 4 rings (SSSR count). The van der Waals surface area contributed by atoms with Crippen molar-refractivity contribution < 1.29 is 9.53 Å². The van der Waals surface area contributed by atoms with Crippen molar-refractivity contribution in [3.05, 3.63) is 89.3 Å². The molecular weight excluding hydrogens is 388 g/mol. The second-order valence-corrected chi connectivity index (χ2v) is 7.84. The molecule has 0 unspecified atom stereocenters. The van der Waals surface area contributed by atoms with Crippen LogP contribution in [0.3, 0.4) is 0 Å². The molecule has 6 heteroatoms. The lowest BCUT2D eigenvalue weighted by Gasteiger charge is -2.15. The maximum absolute atomic E-state index is 12.3. The fourth-order valence-electron chi connectivity index (χ4n) is 4.18. The number of carbonyl (C=O) groups excluding carboxylic acids is 1. The summed E-state index contributed by atoms with van der Waals surface area (Å²) in [6, 6.07) is 17.6. The maximum atomic E-state index is 12.3. The van der Waals surface area contributed by atoms with Crippen LogP contribution in [0.15, 0.2) is 66.7 Å². The first kappa shape index (κ1) is 20.7. The molecule has 0 radical (unpaired) electrons. The second kappa shape index (κ2) is 9.08. The van der Waals surface area contributed by atoms with Crippen LogP contribution in [0.2, 0.25) is 0 Å². The molecule has 0 saturated heterocycles. The van der Waals surface area contributed by atoms with E-state index >= 15 is 0 Å². The average molecular weight is 417 g/mol. The molecule has 3 aromatic rings. The number of aryl methyl sites for hydroxylation is 1. The van der Waals surface area contributed by atoms with Crippen molar-refractivity contribution in [1.82, 2.24) is 20.4 Å². The van der Waals surface area contributed by atoms with Gasteiger partial charge in [0.15, 0.2) is 0 Å². The lowest BCUT2D eigenvalue weighted by atomic mass is 9.96. The Bertz CT molecular complexity index is 1070. The molecule has 1 aliphatic carbocycles. The number of nitrogens with zero attached hydrogens (tertiary/aromatic N) is 2. The molecule has 31 heavy (non-hydrogen) atoms. The van der Waals surface area contributed by atoms with Crippen molar-refractivity contribution in [2.24, 2.45) is 0 Å². The Morgan fingerprint density at radius 3 is 2.55 bits per heavy atom. The van der Waals surface area contributed by atoms with Gasteiger partial charge in [-0.3, -0.25) is 0 Å². The van der Waals surface area contributed by atoms with Gasteiger partial charge in [0.1, 0.15) is 5.75 Å².